The molecule has 0 heterocycles. The molecule has 0 saturated carbocycles. The Labute approximate surface area is 94.5 Å². The van der Waals surface area contributed by atoms with Gasteiger partial charge in [-0.3, -0.25) is 4.72 Å². The number of sulfonamides is 1. The summed E-state index contributed by atoms with van der Waals surface area (Å²) in [6, 6.07) is 13.0. The monoisotopic (exact) mass is 233 g/mol. The minimum Gasteiger partial charge on any atom is -0.280 e. The van der Waals surface area contributed by atoms with Gasteiger partial charge in [0.05, 0.1) is 5.69 Å². The van der Waals surface area contributed by atoms with E-state index < -0.39 is 10.0 Å². The maximum atomic E-state index is 11.4. The summed E-state index contributed by atoms with van der Waals surface area (Å²) in [5.41, 5.74) is 0.568. The summed E-state index contributed by atoms with van der Waals surface area (Å²) in [5, 5.41) is 2.76. The molecule has 4 heteroatoms. The number of rotatable bonds is 3. The molecule has 0 unspecified atom stereocenters. The maximum absolute atomic E-state index is 11.4. The van der Waals surface area contributed by atoms with Crippen molar-refractivity contribution in [3.8, 4) is 0 Å². The van der Waals surface area contributed by atoms with Crippen molar-refractivity contribution < 1.29 is 8.42 Å². The molecule has 0 aromatic heterocycles. The molecule has 0 aliphatic carbocycles. The Morgan fingerprint density at radius 1 is 1.06 bits per heavy atom. The molecule has 3 nitrogen and oxygen atoms in total. The fourth-order valence-electron chi connectivity index (χ4n) is 1.51. The van der Waals surface area contributed by atoms with Crippen LogP contribution < -0.4 is 4.72 Å². The lowest BCUT2D eigenvalue weighted by Gasteiger charge is -2.07. The summed E-state index contributed by atoms with van der Waals surface area (Å²) in [6.07, 6.45) is 0. The first-order valence-electron chi connectivity index (χ1n) is 4.75. The number of benzene rings is 2. The molecule has 0 aliphatic rings. The van der Waals surface area contributed by atoms with Crippen molar-refractivity contribution in [3.05, 3.63) is 54.5 Å². The number of nitrogens with one attached hydrogen (secondary N) is 1. The van der Waals surface area contributed by atoms with Crippen LogP contribution in [0, 0.1) is 0 Å². The Bertz CT molecular complexity index is 627. The van der Waals surface area contributed by atoms with Gasteiger partial charge in [0.15, 0.2) is 0 Å². The van der Waals surface area contributed by atoms with Crippen LogP contribution >= 0.6 is 0 Å². The van der Waals surface area contributed by atoms with E-state index in [9.17, 15) is 8.42 Å². The van der Waals surface area contributed by atoms with E-state index in [4.69, 9.17) is 0 Å². The van der Waals surface area contributed by atoms with Gasteiger partial charge in [0.1, 0.15) is 0 Å². The molecule has 2 aromatic rings. The molecule has 2 aromatic carbocycles. The second-order valence-corrected chi connectivity index (χ2v) is 4.97. The third kappa shape index (κ3) is 2.06. The van der Waals surface area contributed by atoms with Crippen molar-refractivity contribution >= 4 is 26.5 Å². The number of fused-ring (bicyclic) bond motifs is 1. The van der Waals surface area contributed by atoms with Crippen LogP contribution in [0.5, 0.6) is 0 Å². The average Bonchev–Trinajstić information content (AvgIpc) is 2.29. The first-order chi connectivity index (χ1) is 7.62. The van der Waals surface area contributed by atoms with Gasteiger partial charge >= 0.3 is 0 Å². The van der Waals surface area contributed by atoms with Crippen LogP contribution in [0.1, 0.15) is 0 Å². The third-order valence-electron chi connectivity index (χ3n) is 2.26. The standard InChI is InChI=1S/C12H11NO2S/c1-2-16(14,15)13-12-9-5-7-10-6-3-4-8-11(10)12/h2-9,13H,1H2. The Morgan fingerprint density at radius 2 is 1.75 bits per heavy atom. The second kappa shape index (κ2) is 3.98. The molecule has 82 valence electrons. The van der Waals surface area contributed by atoms with Crippen molar-refractivity contribution in [1.29, 1.82) is 0 Å². The van der Waals surface area contributed by atoms with Crippen LogP contribution in [-0.4, -0.2) is 8.42 Å². The van der Waals surface area contributed by atoms with Crippen molar-refractivity contribution in [3.63, 3.8) is 0 Å². The SMILES string of the molecule is C=CS(=O)(=O)Nc1cccc2ccccc12. The third-order valence-corrected chi connectivity index (χ3v) is 3.20. The summed E-state index contributed by atoms with van der Waals surface area (Å²) < 4.78 is 25.2. The fraction of sp³-hybridized carbons (Fsp3) is 0. The van der Waals surface area contributed by atoms with Gasteiger partial charge < -0.3 is 0 Å². The van der Waals surface area contributed by atoms with E-state index in [0.29, 0.717) is 5.69 Å². The highest BCUT2D eigenvalue weighted by atomic mass is 32.2. The van der Waals surface area contributed by atoms with Crippen molar-refractivity contribution in [1.82, 2.24) is 0 Å². The van der Waals surface area contributed by atoms with Gasteiger partial charge in [0, 0.05) is 10.8 Å². The lowest BCUT2D eigenvalue weighted by atomic mass is 10.1. The highest BCUT2D eigenvalue weighted by molar-refractivity contribution is 7.95. The Balaban J connectivity index is 2.57. The van der Waals surface area contributed by atoms with Gasteiger partial charge in [-0.2, -0.15) is 0 Å². The van der Waals surface area contributed by atoms with E-state index in [-0.39, 0.29) is 0 Å². The summed E-state index contributed by atoms with van der Waals surface area (Å²) in [6.45, 7) is 3.26. The molecule has 0 radical (unpaired) electrons. The minimum absolute atomic E-state index is 0.568. The molecule has 0 amide bonds. The van der Waals surface area contributed by atoms with Gasteiger partial charge in [-0.1, -0.05) is 43.0 Å². The summed E-state index contributed by atoms with van der Waals surface area (Å²) >= 11 is 0. The van der Waals surface area contributed by atoms with Crippen molar-refractivity contribution in [2.75, 3.05) is 4.72 Å². The van der Waals surface area contributed by atoms with Crippen LogP contribution in [-0.2, 0) is 10.0 Å². The van der Waals surface area contributed by atoms with Crippen LogP contribution in [0.3, 0.4) is 0 Å². The molecule has 0 fully saturated rings. The zero-order valence-corrected chi connectivity index (χ0v) is 9.37. The predicted molar refractivity (Wildman–Crippen MR) is 66.7 cm³/mol. The number of hydrogen-bond donors (Lipinski definition) is 1. The minimum atomic E-state index is -3.45. The number of hydrogen-bond acceptors (Lipinski definition) is 2. The smallest absolute Gasteiger partial charge is 0.254 e. The van der Waals surface area contributed by atoms with Crippen LogP contribution in [0.4, 0.5) is 5.69 Å². The topological polar surface area (TPSA) is 46.2 Å². The highest BCUT2D eigenvalue weighted by Gasteiger charge is 2.06. The van der Waals surface area contributed by atoms with Crippen molar-refractivity contribution in [2.24, 2.45) is 0 Å². The molecular weight excluding hydrogens is 222 g/mol. The molecule has 16 heavy (non-hydrogen) atoms. The molecule has 2 rings (SSSR count). The quantitative estimate of drug-likeness (QED) is 0.886. The molecule has 0 atom stereocenters. The molecule has 0 saturated heterocycles. The molecule has 0 spiro atoms. The van der Waals surface area contributed by atoms with E-state index in [2.05, 4.69) is 11.3 Å². The predicted octanol–water partition coefficient (Wildman–Crippen LogP) is 2.73. The van der Waals surface area contributed by atoms with E-state index >= 15 is 0 Å². The molecule has 1 N–H and O–H groups in total. The molecule has 0 aliphatic heterocycles. The Kier molecular flexibility index (Phi) is 2.66. The zero-order valence-electron chi connectivity index (χ0n) is 8.55. The summed E-state index contributed by atoms with van der Waals surface area (Å²) in [7, 11) is -3.45. The average molecular weight is 233 g/mol. The lowest BCUT2D eigenvalue weighted by molar-refractivity contribution is 0.609. The van der Waals surface area contributed by atoms with E-state index in [0.717, 1.165) is 16.2 Å². The van der Waals surface area contributed by atoms with Crippen LogP contribution in [0.15, 0.2) is 54.5 Å². The highest BCUT2D eigenvalue weighted by Crippen LogP contribution is 2.23. The second-order valence-electron chi connectivity index (χ2n) is 3.34. The fourth-order valence-corrected chi connectivity index (χ4v) is 2.08. The van der Waals surface area contributed by atoms with E-state index in [1.54, 1.807) is 6.07 Å². The van der Waals surface area contributed by atoms with Gasteiger partial charge in [0.2, 0.25) is 0 Å². The van der Waals surface area contributed by atoms with Gasteiger partial charge in [-0.05, 0) is 11.5 Å². The van der Waals surface area contributed by atoms with E-state index in [1.807, 2.05) is 36.4 Å². The van der Waals surface area contributed by atoms with Gasteiger partial charge in [0.25, 0.3) is 10.0 Å². The Morgan fingerprint density at radius 3 is 2.50 bits per heavy atom. The first-order valence-corrected chi connectivity index (χ1v) is 6.30. The molecular formula is C12H11NO2S. The normalized spacial score (nSPS) is 11.2. The van der Waals surface area contributed by atoms with Crippen molar-refractivity contribution in [2.45, 2.75) is 0 Å². The summed E-state index contributed by atoms with van der Waals surface area (Å²) in [4.78, 5) is 0. The van der Waals surface area contributed by atoms with E-state index in [1.165, 1.54) is 0 Å². The van der Waals surface area contributed by atoms with Gasteiger partial charge in [-0.15, -0.1) is 0 Å². The van der Waals surface area contributed by atoms with Gasteiger partial charge in [-0.25, -0.2) is 8.42 Å². The maximum Gasteiger partial charge on any atom is 0.254 e. The molecule has 0 bridgehead atoms. The Hall–Kier alpha value is -1.81. The summed E-state index contributed by atoms with van der Waals surface area (Å²) in [5.74, 6) is 0. The zero-order chi connectivity index (χ0) is 11.6. The lowest BCUT2D eigenvalue weighted by Crippen LogP contribution is -2.08. The van der Waals surface area contributed by atoms with Crippen LogP contribution in [0.2, 0.25) is 0 Å². The largest absolute Gasteiger partial charge is 0.280 e. The first kappa shape index (κ1) is 10.7. The number of anilines is 1. The van der Waals surface area contributed by atoms with Crippen LogP contribution in [0.25, 0.3) is 10.8 Å².